The summed E-state index contributed by atoms with van der Waals surface area (Å²) in [6, 6.07) is 9.99. The van der Waals surface area contributed by atoms with Crippen molar-refractivity contribution in [2.75, 3.05) is 20.7 Å². The van der Waals surface area contributed by atoms with E-state index in [0.29, 0.717) is 38.4 Å². The lowest BCUT2D eigenvalue weighted by molar-refractivity contribution is 0.228. The van der Waals surface area contributed by atoms with Gasteiger partial charge in [0, 0.05) is 58.6 Å². The first kappa shape index (κ1) is 22.2. The van der Waals surface area contributed by atoms with Gasteiger partial charge >= 0.3 is 10.2 Å². The van der Waals surface area contributed by atoms with Crippen LogP contribution in [0.25, 0.3) is 0 Å². The summed E-state index contributed by atoms with van der Waals surface area (Å²) in [6.07, 6.45) is 7.24. The van der Waals surface area contributed by atoms with Gasteiger partial charge in [-0.1, -0.05) is 30.3 Å². The second kappa shape index (κ2) is 9.98. The van der Waals surface area contributed by atoms with Crippen LogP contribution in [0.2, 0.25) is 0 Å². The Bertz CT molecular complexity index is 1030. The highest BCUT2D eigenvalue weighted by Gasteiger charge is 2.22. The van der Waals surface area contributed by atoms with Crippen LogP contribution in [-0.4, -0.2) is 61.9 Å². The summed E-state index contributed by atoms with van der Waals surface area (Å²) in [5.74, 6) is 1.29. The van der Waals surface area contributed by atoms with E-state index in [9.17, 15) is 8.42 Å². The molecule has 0 aliphatic rings. The third-order valence-corrected chi connectivity index (χ3v) is 6.48. The van der Waals surface area contributed by atoms with E-state index in [1.807, 2.05) is 41.1 Å². The second-order valence-electron chi connectivity index (χ2n) is 7.17. The van der Waals surface area contributed by atoms with Gasteiger partial charge in [-0.25, -0.2) is 13.9 Å². The molecule has 0 saturated heterocycles. The summed E-state index contributed by atoms with van der Waals surface area (Å²) in [6.45, 7) is 2.26. The molecule has 162 valence electrons. The monoisotopic (exact) mass is 432 g/mol. The summed E-state index contributed by atoms with van der Waals surface area (Å²) >= 11 is 0. The number of aromatic nitrogens is 4. The Kier molecular flexibility index (Phi) is 7.38. The molecule has 0 spiro atoms. The van der Waals surface area contributed by atoms with E-state index >= 15 is 0 Å². The molecular formula is C20H28N6O3S. The van der Waals surface area contributed by atoms with Crippen LogP contribution >= 0.6 is 0 Å². The van der Waals surface area contributed by atoms with E-state index in [-0.39, 0.29) is 6.61 Å². The minimum atomic E-state index is -3.65. The van der Waals surface area contributed by atoms with Crippen LogP contribution in [-0.2, 0) is 36.4 Å². The molecule has 0 aliphatic heterocycles. The smallest absolute Gasteiger partial charge is 0.308 e. The fraction of sp³-hybridized carbons (Fsp3) is 0.400. The topological polar surface area (TPSA) is 96.5 Å². The van der Waals surface area contributed by atoms with Crippen LogP contribution in [0.3, 0.4) is 0 Å². The standard InChI is InChI=1S/C20H28N6O3S/c1-23(2)30(28,29)26-13-10-22-20(26)17-24(15-18-7-4-3-5-8-18)16-19-21-9-12-25(19)11-6-14-27/h3-5,7-10,12-13,27H,6,11,14-17H2,1-2H3. The summed E-state index contributed by atoms with van der Waals surface area (Å²) in [5, 5.41) is 9.14. The first-order chi connectivity index (χ1) is 14.4. The lowest BCUT2D eigenvalue weighted by Gasteiger charge is -2.23. The first-order valence-electron chi connectivity index (χ1n) is 9.74. The average molecular weight is 433 g/mol. The largest absolute Gasteiger partial charge is 0.396 e. The van der Waals surface area contributed by atoms with Gasteiger partial charge in [0.25, 0.3) is 0 Å². The first-order valence-corrected chi connectivity index (χ1v) is 11.1. The predicted molar refractivity (Wildman–Crippen MR) is 114 cm³/mol. The molecule has 0 atom stereocenters. The number of hydrogen-bond acceptors (Lipinski definition) is 6. The molecule has 9 nitrogen and oxygen atoms in total. The molecular weight excluding hydrogens is 404 g/mol. The van der Waals surface area contributed by atoms with E-state index in [4.69, 9.17) is 5.11 Å². The molecule has 10 heteroatoms. The number of rotatable bonds is 11. The summed E-state index contributed by atoms with van der Waals surface area (Å²) < 4.78 is 29.7. The number of aryl methyl sites for hydroxylation is 1. The maximum absolute atomic E-state index is 12.6. The maximum Gasteiger partial charge on any atom is 0.308 e. The zero-order chi connectivity index (χ0) is 21.6. The molecule has 0 radical (unpaired) electrons. The average Bonchev–Trinajstić information content (AvgIpc) is 3.36. The van der Waals surface area contributed by atoms with Crippen molar-refractivity contribution in [2.24, 2.45) is 0 Å². The molecule has 3 aromatic rings. The zero-order valence-electron chi connectivity index (χ0n) is 17.3. The Balaban J connectivity index is 1.86. The van der Waals surface area contributed by atoms with Gasteiger partial charge in [-0.3, -0.25) is 4.90 Å². The van der Waals surface area contributed by atoms with Crippen LogP contribution in [0.4, 0.5) is 0 Å². The van der Waals surface area contributed by atoms with Gasteiger partial charge in [-0.2, -0.15) is 12.7 Å². The second-order valence-corrected chi connectivity index (χ2v) is 9.19. The van der Waals surface area contributed by atoms with E-state index in [0.717, 1.165) is 11.4 Å². The van der Waals surface area contributed by atoms with Gasteiger partial charge in [-0.05, 0) is 12.0 Å². The quantitative estimate of drug-likeness (QED) is 0.491. The highest BCUT2D eigenvalue weighted by Crippen LogP contribution is 2.15. The number of nitrogens with zero attached hydrogens (tertiary/aromatic N) is 6. The molecule has 2 heterocycles. The van der Waals surface area contributed by atoms with Crippen LogP contribution in [0.1, 0.15) is 23.6 Å². The Labute approximate surface area is 177 Å². The van der Waals surface area contributed by atoms with Crippen molar-refractivity contribution in [3.63, 3.8) is 0 Å². The molecule has 0 bridgehead atoms. The van der Waals surface area contributed by atoms with E-state index in [1.165, 1.54) is 34.8 Å². The summed E-state index contributed by atoms with van der Waals surface area (Å²) in [4.78, 5) is 10.9. The van der Waals surface area contributed by atoms with Crippen molar-refractivity contribution in [3.05, 3.63) is 72.3 Å². The third-order valence-electron chi connectivity index (χ3n) is 4.73. The van der Waals surface area contributed by atoms with Gasteiger partial charge in [-0.15, -0.1) is 0 Å². The Morgan fingerprint density at radius 2 is 1.63 bits per heavy atom. The van der Waals surface area contributed by atoms with Crippen LogP contribution in [0.5, 0.6) is 0 Å². The van der Waals surface area contributed by atoms with E-state index < -0.39 is 10.2 Å². The number of hydrogen-bond donors (Lipinski definition) is 1. The van der Waals surface area contributed by atoms with Crippen molar-refractivity contribution < 1.29 is 13.5 Å². The highest BCUT2D eigenvalue weighted by atomic mass is 32.2. The predicted octanol–water partition coefficient (Wildman–Crippen LogP) is 1.32. The SMILES string of the molecule is CN(C)S(=O)(=O)n1ccnc1CN(Cc1ccccc1)Cc1nccn1CCCO. The van der Waals surface area contributed by atoms with Crippen molar-refractivity contribution in [2.45, 2.75) is 32.6 Å². The van der Waals surface area contributed by atoms with Gasteiger partial charge in [0.2, 0.25) is 0 Å². The number of imidazole rings is 2. The van der Waals surface area contributed by atoms with Crippen molar-refractivity contribution in [1.82, 2.24) is 27.7 Å². The molecule has 0 fully saturated rings. The number of aliphatic hydroxyl groups excluding tert-OH is 1. The molecule has 0 unspecified atom stereocenters. The number of benzene rings is 1. The minimum absolute atomic E-state index is 0.116. The molecule has 2 aromatic heterocycles. The normalized spacial score (nSPS) is 12.2. The maximum atomic E-state index is 12.6. The lowest BCUT2D eigenvalue weighted by Crippen LogP contribution is -2.32. The van der Waals surface area contributed by atoms with E-state index in [1.54, 1.807) is 6.20 Å². The Morgan fingerprint density at radius 1 is 0.967 bits per heavy atom. The Hall–Kier alpha value is -2.53. The molecule has 1 aromatic carbocycles. The highest BCUT2D eigenvalue weighted by molar-refractivity contribution is 7.87. The third kappa shape index (κ3) is 5.33. The van der Waals surface area contributed by atoms with Gasteiger partial charge < -0.3 is 9.67 Å². The van der Waals surface area contributed by atoms with Crippen LogP contribution in [0, 0.1) is 0 Å². The fourth-order valence-electron chi connectivity index (χ4n) is 3.17. The minimum Gasteiger partial charge on any atom is -0.396 e. The van der Waals surface area contributed by atoms with Crippen LogP contribution in [0.15, 0.2) is 55.1 Å². The van der Waals surface area contributed by atoms with Crippen molar-refractivity contribution in [3.8, 4) is 0 Å². The zero-order valence-corrected chi connectivity index (χ0v) is 18.1. The molecule has 3 rings (SSSR count). The van der Waals surface area contributed by atoms with E-state index in [2.05, 4.69) is 14.9 Å². The van der Waals surface area contributed by atoms with Crippen molar-refractivity contribution >= 4 is 10.2 Å². The molecule has 0 amide bonds. The van der Waals surface area contributed by atoms with Gasteiger partial charge in [0.15, 0.2) is 0 Å². The molecule has 0 saturated carbocycles. The van der Waals surface area contributed by atoms with Gasteiger partial charge in [0.1, 0.15) is 11.6 Å². The number of aliphatic hydroxyl groups is 1. The molecule has 30 heavy (non-hydrogen) atoms. The molecule has 1 N–H and O–H groups in total. The Morgan fingerprint density at radius 3 is 2.33 bits per heavy atom. The summed E-state index contributed by atoms with van der Waals surface area (Å²) in [7, 11) is -0.655. The lowest BCUT2D eigenvalue weighted by atomic mass is 10.2. The van der Waals surface area contributed by atoms with Crippen molar-refractivity contribution in [1.29, 1.82) is 0 Å². The fourth-order valence-corrected chi connectivity index (χ4v) is 4.10. The summed E-state index contributed by atoms with van der Waals surface area (Å²) in [5.41, 5.74) is 1.11. The van der Waals surface area contributed by atoms with Crippen LogP contribution < -0.4 is 0 Å². The molecule has 0 aliphatic carbocycles. The van der Waals surface area contributed by atoms with Gasteiger partial charge in [0.05, 0.1) is 13.1 Å².